The van der Waals surface area contributed by atoms with Crippen molar-refractivity contribution in [1.82, 2.24) is 19.7 Å². The van der Waals surface area contributed by atoms with Gasteiger partial charge in [0.15, 0.2) is 5.65 Å². The summed E-state index contributed by atoms with van der Waals surface area (Å²) in [5.74, 6) is 1.62. The van der Waals surface area contributed by atoms with Crippen molar-refractivity contribution in [3.05, 3.63) is 59.6 Å². The molecule has 1 aliphatic rings. The van der Waals surface area contributed by atoms with Crippen molar-refractivity contribution in [2.75, 3.05) is 18.0 Å². The molecule has 7 heteroatoms. The van der Waals surface area contributed by atoms with Crippen LogP contribution in [0.4, 0.5) is 5.95 Å². The van der Waals surface area contributed by atoms with Gasteiger partial charge in [0.25, 0.3) is 0 Å². The maximum Gasteiger partial charge on any atom is 0.208 e. The van der Waals surface area contributed by atoms with Crippen LogP contribution in [0, 0.1) is 13.8 Å². The summed E-state index contributed by atoms with van der Waals surface area (Å²) >= 11 is 0. The van der Waals surface area contributed by atoms with Gasteiger partial charge in [-0.25, -0.2) is 4.98 Å². The summed E-state index contributed by atoms with van der Waals surface area (Å²) in [5.41, 5.74) is 5.63. The molecule has 0 saturated carbocycles. The standard InChI is InChI=1S/C21H21N5O2/c1-13-19(14(2)28-24-13)16-8-18-20(22-9-16)23-21(25-11-17(27)12-25)26(18)10-15-6-4-3-5-7-15/h3-9,17,27H,10-12H2,1-2H3. The lowest BCUT2D eigenvalue weighted by atomic mass is 10.1. The molecule has 142 valence electrons. The second-order valence-electron chi connectivity index (χ2n) is 7.31. The molecule has 1 aromatic carbocycles. The number of rotatable bonds is 4. The van der Waals surface area contributed by atoms with Crippen LogP contribution >= 0.6 is 0 Å². The molecule has 1 N–H and O–H groups in total. The molecule has 7 nitrogen and oxygen atoms in total. The Hall–Kier alpha value is -3.19. The van der Waals surface area contributed by atoms with Crippen molar-refractivity contribution in [3.8, 4) is 11.1 Å². The van der Waals surface area contributed by atoms with E-state index >= 15 is 0 Å². The van der Waals surface area contributed by atoms with Gasteiger partial charge in [-0.3, -0.25) is 0 Å². The van der Waals surface area contributed by atoms with Crippen LogP contribution in [-0.2, 0) is 6.54 Å². The molecule has 0 unspecified atom stereocenters. The average Bonchev–Trinajstić information content (AvgIpc) is 3.19. The fraction of sp³-hybridized carbons (Fsp3) is 0.286. The van der Waals surface area contributed by atoms with E-state index in [0.29, 0.717) is 25.3 Å². The summed E-state index contributed by atoms with van der Waals surface area (Å²) in [7, 11) is 0. The molecule has 0 radical (unpaired) electrons. The Kier molecular flexibility index (Phi) is 3.91. The minimum Gasteiger partial charge on any atom is -0.389 e. The number of aliphatic hydroxyl groups is 1. The minimum atomic E-state index is -0.296. The first-order chi connectivity index (χ1) is 13.6. The number of anilines is 1. The molecule has 0 bridgehead atoms. The summed E-state index contributed by atoms with van der Waals surface area (Å²) in [5, 5.41) is 13.8. The van der Waals surface area contributed by atoms with E-state index in [1.165, 1.54) is 5.56 Å². The predicted octanol–water partition coefficient (Wildman–Crippen LogP) is 2.93. The minimum absolute atomic E-state index is 0.296. The first-order valence-corrected chi connectivity index (χ1v) is 9.36. The van der Waals surface area contributed by atoms with Gasteiger partial charge in [-0.05, 0) is 25.5 Å². The Balaban J connectivity index is 1.66. The smallest absolute Gasteiger partial charge is 0.208 e. The third-order valence-electron chi connectivity index (χ3n) is 5.24. The van der Waals surface area contributed by atoms with Crippen molar-refractivity contribution in [1.29, 1.82) is 0 Å². The number of fused-ring (bicyclic) bond motifs is 1. The summed E-state index contributed by atoms with van der Waals surface area (Å²) in [6, 6.07) is 12.4. The third kappa shape index (κ3) is 2.75. The number of benzene rings is 1. The molecule has 0 atom stereocenters. The fourth-order valence-electron chi connectivity index (χ4n) is 3.81. The molecule has 1 aliphatic heterocycles. The van der Waals surface area contributed by atoms with Crippen LogP contribution in [-0.4, -0.2) is 44.0 Å². The average molecular weight is 375 g/mol. The highest BCUT2D eigenvalue weighted by atomic mass is 16.5. The van der Waals surface area contributed by atoms with Crippen LogP contribution in [0.25, 0.3) is 22.3 Å². The normalized spacial score (nSPS) is 14.6. The molecule has 4 heterocycles. The number of β-amino-alcohol motifs (C(OH)–C–C–N with tert-alkyl or cyclic N) is 1. The lowest BCUT2D eigenvalue weighted by Gasteiger charge is -2.36. The van der Waals surface area contributed by atoms with Gasteiger partial charge >= 0.3 is 0 Å². The van der Waals surface area contributed by atoms with Crippen molar-refractivity contribution in [2.24, 2.45) is 0 Å². The number of nitrogens with zero attached hydrogens (tertiary/aromatic N) is 5. The Morgan fingerprint density at radius 1 is 1.18 bits per heavy atom. The van der Waals surface area contributed by atoms with Crippen LogP contribution in [0.15, 0.2) is 47.1 Å². The zero-order valence-electron chi connectivity index (χ0n) is 15.8. The fourth-order valence-corrected chi connectivity index (χ4v) is 3.81. The first-order valence-electron chi connectivity index (χ1n) is 9.36. The zero-order valence-corrected chi connectivity index (χ0v) is 15.8. The molecule has 1 fully saturated rings. The Bertz CT molecular complexity index is 1120. The van der Waals surface area contributed by atoms with E-state index < -0.39 is 0 Å². The Morgan fingerprint density at radius 2 is 1.96 bits per heavy atom. The van der Waals surface area contributed by atoms with E-state index in [0.717, 1.165) is 34.0 Å². The molecule has 0 spiro atoms. The van der Waals surface area contributed by atoms with E-state index in [9.17, 15) is 5.11 Å². The molecule has 0 amide bonds. The lowest BCUT2D eigenvalue weighted by Crippen LogP contribution is -2.51. The van der Waals surface area contributed by atoms with Gasteiger partial charge in [-0.15, -0.1) is 0 Å². The molecule has 1 saturated heterocycles. The molecular weight excluding hydrogens is 354 g/mol. The molecular formula is C21H21N5O2. The number of aryl methyl sites for hydroxylation is 2. The van der Waals surface area contributed by atoms with E-state index in [-0.39, 0.29) is 6.10 Å². The summed E-state index contributed by atoms with van der Waals surface area (Å²) in [6.07, 6.45) is 1.53. The van der Waals surface area contributed by atoms with Crippen molar-refractivity contribution < 1.29 is 9.63 Å². The summed E-state index contributed by atoms with van der Waals surface area (Å²) in [6.45, 7) is 5.72. The molecule has 3 aromatic heterocycles. The zero-order chi connectivity index (χ0) is 19.3. The SMILES string of the molecule is Cc1noc(C)c1-c1cnc2nc(N3CC(O)C3)n(Cc3ccccc3)c2c1. The quantitative estimate of drug-likeness (QED) is 0.591. The topological polar surface area (TPSA) is 80.2 Å². The third-order valence-corrected chi connectivity index (χ3v) is 5.24. The molecule has 4 aromatic rings. The van der Waals surface area contributed by atoms with Crippen molar-refractivity contribution in [2.45, 2.75) is 26.5 Å². The monoisotopic (exact) mass is 375 g/mol. The van der Waals surface area contributed by atoms with Crippen molar-refractivity contribution >= 4 is 17.1 Å². The number of hydrogen-bond donors (Lipinski definition) is 1. The second kappa shape index (κ2) is 6.45. The molecule has 0 aliphatic carbocycles. The van der Waals surface area contributed by atoms with Crippen LogP contribution in [0.3, 0.4) is 0 Å². The van der Waals surface area contributed by atoms with Crippen LogP contribution in [0.1, 0.15) is 17.0 Å². The van der Waals surface area contributed by atoms with Crippen molar-refractivity contribution in [3.63, 3.8) is 0 Å². The highest BCUT2D eigenvalue weighted by molar-refractivity contribution is 5.82. The summed E-state index contributed by atoms with van der Waals surface area (Å²) in [4.78, 5) is 11.5. The van der Waals surface area contributed by atoms with E-state index in [1.807, 2.05) is 38.2 Å². The van der Waals surface area contributed by atoms with Gasteiger partial charge in [0.2, 0.25) is 5.95 Å². The van der Waals surface area contributed by atoms with Gasteiger partial charge in [-0.2, -0.15) is 4.98 Å². The first kappa shape index (κ1) is 16.9. The van der Waals surface area contributed by atoms with Gasteiger partial charge in [0.05, 0.1) is 23.9 Å². The number of aromatic nitrogens is 4. The van der Waals surface area contributed by atoms with Gasteiger partial charge in [0, 0.05) is 30.4 Å². The van der Waals surface area contributed by atoms with Crippen LogP contribution in [0.2, 0.25) is 0 Å². The van der Waals surface area contributed by atoms with Gasteiger partial charge in [-0.1, -0.05) is 35.5 Å². The number of pyridine rings is 1. The number of hydrogen-bond acceptors (Lipinski definition) is 6. The van der Waals surface area contributed by atoms with E-state index in [4.69, 9.17) is 9.51 Å². The van der Waals surface area contributed by atoms with Crippen LogP contribution in [0.5, 0.6) is 0 Å². The largest absolute Gasteiger partial charge is 0.389 e. The maximum atomic E-state index is 9.75. The summed E-state index contributed by atoms with van der Waals surface area (Å²) < 4.78 is 7.51. The van der Waals surface area contributed by atoms with Gasteiger partial charge in [0.1, 0.15) is 5.76 Å². The van der Waals surface area contributed by atoms with Gasteiger partial charge < -0.3 is 19.1 Å². The predicted molar refractivity (Wildman–Crippen MR) is 106 cm³/mol. The van der Waals surface area contributed by atoms with E-state index in [2.05, 4.69) is 37.8 Å². The Labute approximate surface area is 162 Å². The Morgan fingerprint density at radius 3 is 2.64 bits per heavy atom. The van der Waals surface area contributed by atoms with Crippen LogP contribution < -0.4 is 4.90 Å². The second-order valence-corrected chi connectivity index (χ2v) is 7.31. The highest BCUT2D eigenvalue weighted by Crippen LogP contribution is 2.31. The number of aliphatic hydroxyl groups excluding tert-OH is 1. The molecule has 5 rings (SSSR count). The maximum absolute atomic E-state index is 9.75. The van der Waals surface area contributed by atoms with E-state index in [1.54, 1.807) is 0 Å². The number of imidazole rings is 1. The molecule has 28 heavy (non-hydrogen) atoms. The lowest BCUT2D eigenvalue weighted by molar-refractivity contribution is 0.140. The highest BCUT2D eigenvalue weighted by Gasteiger charge is 2.29.